The Kier molecular flexibility index (Phi) is 19.0. The van der Waals surface area contributed by atoms with Gasteiger partial charge in [0.2, 0.25) is 35.4 Å². The number of hydrogen-bond acceptors (Lipinski definition) is 9. The maximum atomic E-state index is 12.6. The molecule has 1 aliphatic rings. The molecule has 0 bridgehead atoms. The molecular formula is C28H46BN5O7S2. The van der Waals surface area contributed by atoms with Crippen LogP contribution in [0, 0.1) is 0 Å². The zero-order valence-electron chi connectivity index (χ0n) is 25.6. The van der Waals surface area contributed by atoms with Crippen molar-refractivity contribution < 1.29 is 33.6 Å². The molecule has 1 aliphatic heterocycles. The Hall–Kier alpha value is -2.55. The summed E-state index contributed by atoms with van der Waals surface area (Å²) in [4.78, 5) is 84.6. The van der Waals surface area contributed by atoms with Crippen LogP contribution in [0.4, 0.5) is 0 Å². The maximum Gasteiger partial charge on any atom is 0.242 e. The maximum absolute atomic E-state index is 12.6. The highest BCUT2D eigenvalue weighted by Gasteiger charge is 2.40. The minimum atomic E-state index is -0.565. The number of thioether (sulfide) groups is 2. The van der Waals surface area contributed by atoms with Gasteiger partial charge >= 0.3 is 0 Å². The van der Waals surface area contributed by atoms with Gasteiger partial charge in [0.1, 0.15) is 5.78 Å². The lowest BCUT2D eigenvalue weighted by molar-refractivity contribution is -0.138. The van der Waals surface area contributed by atoms with E-state index in [9.17, 15) is 33.6 Å². The fourth-order valence-corrected chi connectivity index (χ4v) is 5.98. The Morgan fingerprint density at radius 3 is 2.00 bits per heavy atom. The number of nitrogens with zero attached hydrogens (tertiary/aromatic N) is 1. The smallest absolute Gasteiger partial charge is 0.242 e. The van der Waals surface area contributed by atoms with E-state index in [4.69, 9.17) is 7.85 Å². The Morgan fingerprint density at radius 2 is 1.40 bits per heavy atom. The number of likely N-dealkylation sites (tertiary alicyclic amines) is 1. The third kappa shape index (κ3) is 18.0. The number of rotatable bonds is 23. The van der Waals surface area contributed by atoms with Crippen molar-refractivity contribution in [3.8, 4) is 0 Å². The molecule has 1 saturated heterocycles. The normalized spacial score (nSPS) is 16.0. The SMILES string of the molecule is [B]C(C)(CC)SC1CC(=O)N(CCCCCC(=O)NCC(=O)NCC(=O)NCC(=O)NCSCCCCCC(C)=O)C1=O. The first-order valence-electron chi connectivity index (χ1n) is 14.8. The summed E-state index contributed by atoms with van der Waals surface area (Å²) in [5, 5.41) is 9.51. The van der Waals surface area contributed by atoms with E-state index in [-0.39, 0.29) is 61.9 Å². The van der Waals surface area contributed by atoms with Crippen molar-refractivity contribution in [3.63, 3.8) is 0 Å². The summed E-state index contributed by atoms with van der Waals surface area (Å²) >= 11 is 2.89. The molecule has 2 radical (unpaired) electrons. The van der Waals surface area contributed by atoms with Crippen LogP contribution in [0.5, 0.6) is 0 Å². The van der Waals surface area contributed by atoms with Crippen molar-refractivity contribution in [2.24, 2.45) is 0 Å². The number of imide groups is 1. The number of carbonyl (C=O) groups is 7. The molecule has 43 heavy (non-hydrogen) atoms. The second-order valence-electron chi connectivity index (χ2n) is 10.7. The summed E-state index contributed by atoms with van der Waals surface area (Å²) in [6.07, 6.45) is 6.16. The zero-order valence-corrected chi connectivity index (χ0v) is 27.2. The summed E-state index contributed by atoms with van der Waals surface area (Å²) in [6, 6.07) is 0. The molecule has 0 spiro atoms. The highest BCUT2D eigenvalue weighted by atomic mass is 32.2. The summed E-state index contributed by atoms with van der Waals surface area (Å²) < 4.78 is -0.565. The van der Waals surface area contributed by atoms with Crippen LogP contribution >= 0.6 is 23.5 Å². The van der Waals surface area contributed by atoms with Gasteiger partial charge < -0.3 is 26.1 Å². The van der Waals surface area contributed by atoms with Gasteiger partial charge in [0.25, 0.3) is 0 Å². The lowest BCUT2D eigenvalue weighted by atomic mass is 9.86. The van der Waals surface area contributed by atoms with Crippen molar-refractivity contribution in [1.29, 1.82) is 0 Å². The molecule has 2 unspecified atom stereocenters. The molecule has 0 aromatic carbocycles. The van der Waals surface area contributed by atoms with Crippen LogP contribution in [-0.2, 0) is 33.6 Å². The van der Waals surface area contributed by atoms with Gasteiger partial charge in [0, 0.05) is 25.8 Å². The molecule has 1 fully saturated rings. The number of unbranched alkanes of at least 4 members (excludes halogenated alkanes) is 4. The molecule has 15 heteroatoms. The lowest BCUT2D eigenvalue weighted by Crippen LogP contribution is -2.44. The lowest BCUT2D eigenvalue weighted by Gasteiger charge is -2.25. The third-order valence-corrected chi connectivity index (χ3v) is 9.03. The van der Waals surface area contributed by atoms with Gasteiger partial charge in [-0.25, -0.2) is 0 Å². The van der Waals surface area contributed by atoms with E-state index in [1.165, 1.54) is 16.7 Å². The van der Waals surface area contributed by atoms with E-state index < -0.39 is 21.7 Å². The Morgan fingerprint density at radius 1 is 0.837 bits per heavy atom. The number of hydrogen-bond donors (Lipinski definition) is 4. The highest BCUT2D eigenvalue weighted by molar-refractivity contribution is 8.03. The highest BCUT2D eigenvalue weighted by Crippen LogP contribution is 2.35. The summed E-state index contributed by atoms with van der Waals surface area (Å²) in [5.41, 5.74) is 0. The van der Waals surface area contributed by atoms with E-state index in [1.54, 1.807) is 18.7 Å². The summed E-state index contributed by atoms with van der Waals surface area (Å²) in [7, 11) is 6.13. The number of ketones is 1. The predicted molar refractivity (Wildman–Crippen MR) is 169 cm³/mol. The van der Waals surface area contributed by atoms with Crippen LogP contribution in [0.3, 0.4) is 0 Å². The van der Waals surface area contributed by atoms with Crippen molar-refractivity contribution in [2.75, 3.05) is 37.8 Å². The number of amides is 6. The van der Waals surface area contributed by atoms with Gasteiger partial charge in [-0.2, -0.15) is 11.8 Å². The minimum Gasteiger partial charge on any atom is -0.347 e. The van der Waals surface area contributed by atoms with E-state index in [1.807, 2.05) is 13.8 Å². The Balaban J connectivity index is 2.06. The molecule has 240 valence electrons. The van der Waals surface area contributed by atoms with Crippen LogP contribution < -0.4 is 21.3 Å². The molecule has 1 rings (SSSR count). The average Bonchev–Trinajstić information content (AvgIpc) is 3.21. The Bertz CT molecular complexity index is 983. The molecular weight excluding hydrogens is 593 g/mol. The molecule has 1 heterocycles. The fourth-order valence-electron chi connectivity index (χ4n) is 3.89. The standard InChI is InChI=1S/C28H46BN5O7S2/c1-4-28(3,29)43-21-15-26(40)34(27(21)41)13-9-5-8-12-22(36)30-16-23(37)31-17-24(38)32-18-25(39)33-19-42-14-10-6-7-11-20(2)35/h21H,4-19H2,1-3H3,(H,30,36)(H,31,37)(H,32,38)(H,33,39). The quantitative estimate of drug-likeness (QED) is 0.0551. The van der Waals surface area contributed by atoms with Crippen molar-refractivity contribution in [2.45, 2.75) is 94.9 Å². The van der Waals surface area contributed by atoms with E-state index in [0.717, 1.165) is 25.0 Å². The van der Waals surface area contributed by atoms with Crippen LogP contribution in [0.1, 0.15) is 85.0 Å². The van der Waals surface area contributed by atoms with Crippen LogP contribution in [0.2, 0.25) is 0 Å². The molecule has 0 saturated carbocycles. The molecule has 12 nitrogen and oxygen atoms in total. The largest absolute Gasteiger partial charge is 0.347 e. The molecule has 4 N–H and O–H groups in total. The van der Waals surface area contributed by atoms with E-state index in [0.29, 0.717) is 44.5 Å². The first kappa shape index (κ1) is 38.5. The van der Waals surface area contributed by atoms with Crippen molar-refractivity contribution >= 4 is 72.6 Å². The van der Waals surface area contributed by atoms with Gasteiger partial charge in [0.15, 0.2) is 0 Å². The van der Waals surface area contributed by atoms with Gasteiger partial charge in [-0.05, 0) is 49.4 Å². The minimum absolute atomic E-state index is 0.156. The van der Waals surface area contributed by atoms with E-state index >= 15 is 0 Å². The van der Waals surface area contributed by atoms with Gasteiger partial charge in [-0.1, -0.05) is 26.7 Å². The van der Waals surface area contributed by atoms with Crippen LogP contribution in [0.25, 0.3) is 0 Å². The summed E-state index contributed by atoms with van der Waals surface area (Å²) in [5.74, 6) is -0.666. The molecule has 2 atom stereocenters. The number of Topliss-reactive ketones (excluding diaryl/α,β-unsaturated/α-hetero) is 1. The molecule has 0 aromatic rings. The van der Waals surface area contributed by atoms with Crippen molar-refractivity contribution in [1.82, 2.24) is 26.2 Å². The topological polar surface area (TPSA) is 171 Å². The van der Waals surface area contributed by atoms with Crippen LogP contribution in [0.15, 0.2) is 0 Å². The third-order valence-electron chi connectivity index (χ3n) is 6.63. The van der Waals surface area contributed by atoms with Gasteiger partial charge in [-0.3, -0.25) is 33.7 Å². The first-order chi connectivity index (χ1) is 20.3. The van der Waals surface area contributed by atoms with Gasteiger partial charge in [-0.15, -0.1) is 11.8 Å². The second-order valence-corrected chi connectivity index (χ2v) is 13.5. The number of nitrogens with one attached hydrogen (secondary N) is 4. The molecule has 6 amide bonds. The van der Waals surface area contributed by atoms with E-state index in [2.05, 4.69) is 21.3 Å². The molecule has 0 aromatic heterocycles. The fraction of sp³-hybridized carbons (Fsp3) is 0.750. The average molecular weight is 640 g/mol. The van der Waals surface area contributed by atoms with Gasteiger partial charge in [0.05, 0.1) is 38.6 Å². The zero-order chi connectivity index (χ0) is 32.3. The van der Waals surface area contributed by atoms with Crippen LogP contribution in [-0.4, -0.2) is 102 Å². The predicted octanol–water partition coefficient (Wildman–Crippen LogP) is 1.01. The van der Waals surface area contributed by atoms with Crippen molar-refractivity contribution in [3.05, 3.63) is 0 Å². The molecule has 0 aliphatic carbocycles. The second kappa shape index (κ2) is 21.2. The number of carbonyl (C=O) groups excluding carboxylic acids is 7. The monoisotopic (exact) mass is 639 g/mol. The first-order valence-corrected chi connectivity index (χ1v) is 16.8. The Labute approximate surface area is 264 Å². The summed E-state index contributed by atoms with van der Waals surface area (Å²) in [6.45, 7) is 4.84.